The van der Waals surface area contributed by atoms with E-state index >= 15 is 0 Å². The van der Waals surface area contributed by atoms with Gasteiger partial charge in [0.25, 0.3) is 0 Å². The van der Waals surface area contributed by atoms with Crippen molar-refractivity contribution in [3.8, 4) is 0 Å². The number of carbonyl (C=O) groups is 1. The zero-order chi connectivity index (χ0) is 21.0. The predicted molar refractivity (Wildman–Crippen MR) is 111 cm³/mol. The van der Waals surface area contributed by atoms with E-state index in [4.69, 9.17) is 4.74 Å². The number of aliphatic hydroxyl groups excluding tert-OH is 1. The minimum atomic E-state index is -4.06. The van der Waals surface area contributed by atoms with Crippen LogP contribution in [-0.4, -0.2) is 32.1 Å². The molecule has 2 unspecified atom stereocenters. The number of aliphatic hydroxyl groups is 1. The van der Waals surface area contributed by atoms with E-state index in [1.807, 2.05) is 37.3 Å². The van der Waals surface area contributed by atoms with Gasteiger partial charge in [-0.05, 0) is 42.3 Å². The van der Waals surface area contributed by atoms with E-state index in [2.05, 4.69) is 4.72 Å². The summed E-state index contributed by atoms with van der Waals surface area (Å²) in [4.78, 5) is 12.6. The Balaban J connectivity index is 2.00. The minimum Gasteiger partial charge on any atom is -0.465 e. The molecule has 152 valence electrons. The first-order valence-electron chi connectivity index (χ1n) is 9.25. The molecule has 0 heterocycles. The molecule has 29 heavy (non-hydrogen) atoms. The molecule has 0 bridgehead atoms. The van der Waals surface area contributed by atoms with Crippen LogP contribution in [0.5, 0.6) is 0 Å². The molecule has 2 atom stereocenters. The van der Waals surface area contributed by atoms with Gasteiger partial charge in [-0.15, -0.1) is 0 Å². The number of rotatable bonds is 7. The molecular formula is C22H23NO5S. The fourth-order valence-electron chi connectivity index (χ4n) is 3.11. The summed E-state index contributed by atoms with van der Waals surface area (Å²) in [5.74, 6) is -0.844. The van der Waals surface area contributed by atoms with Crippen LogP contribution in [0, 0.1) is 6.92 Å². The van der Waals surface area contributed by atoms with Crippen molar-refractivity contribution in [3.63, 3.8) is 0 Å². The highest BCUT2D eigenvalue weighted by atomic mass is 32.2. The van der Waals surface area contributed by atoms with Crippen molar-refractivity contribution < 1.29 is 23.1 Å². The van der Waals surface area contributed by atoms with Gasteiger partial charge in [0.05, 0.1) is 11.5 Å². The van der Waals surface area contributed by atoms with Gasteiger partial charge in [-0.1, -0.05) is 60.2 Å². The number of carbonyl (C=O) groups excluding carboxylic acids is 1. The molecule has 0 saturated carbocycles. The van der Waals surface area contributed by atoms with Gasteiger partial charge < -0.3 is 9.84 Å². The number of benzene rings is 3. The third-order valence-electron chi connectivity index (χ3n) is 4.61. The summed E-state index contributed by atoms with van der Waals surface area (Å²) in [6, 6.07) is 17.4. The molecule has 0 spiro atoms. The van der Waals surface area contributed by atoms with Gasteiger partial charge in [0.2, 0.25) is 10.0 Å². The monoisotopic (exact) mass is 413 g/mol. The van der Waals surface area contributed by atoms with Crippen LogP contribution < -0.4 is 4.72 Å². The van der Waals surface area contributed by atoms with E-state index in [9.17, 15) is 18.3 Å². The molecule has 0 fully saturated rings. The lowest BCUT2D eigenvalue weighted by Gasteiger charge is -2.24. The largest absolute Gasteiger partial charge is 0.465 e. The first-order valence-corrected chi connectivity index (χ1v) is 10.7. The van der Waals surface area contributed by atoms with Crippen molar-refractivity contribution >= 4 is 26.8 Å². The Hall–Kier alpha value is -2.74. The Kier molecular flexibility index (Phi) is 6.32. The van der Waals surface area contributed by atoms with Crippen LogP contribution in [0.3, 0.4) is 0 Å². The van der Waals surface area contributed by atoms with Gasteiger partial charge in [-0.3, -0.25) is 4.79 Å². The Morgan fingerprint density at radius 2 is 1.69 bits per heavy atom. The van der Waals surface area contributed by atoms with Gasteiger partial charge in [0.1, 0.15) is 12.1 Å². The number of hydrogen-bond donors (Lipinski definition) is 2. The van der Waals surface area contributed by atoms with Gasteiger partial charge in [0.15, 0.2) is 0 Å². The van der Waals surface area contributed by atoms with Crippen molar-refractivity contribution in [1.29, 1.82) is 0 Å². The van der Waals surface area contributed by atoms with E-state index < -0.39 is 28.1 Å². The van der Waals surface area contributed by atoms with Crippen molar-refractivity contribution in [2.45, 2.75) is 30.9 Å². The summed E-state index contributed by atoms with van der Waals surface area (Å²) in [5, 5.41) is 12.6. The topological polar surface area (TPSA) is 92.7 Å². The smallest absolute Gasteiger partial charge is 0.327 e. The zero-order valence-electron chi connectivity index (χ0n) is 16.2. The Bertz CT molecular complexity index is 1100. The van der Waals surface area contributed by atoms with Gasteiger partial charge in [-0.2, -0.15) is 4.72 Å². The fraction of sp³-hybridized carbons (Fsp3) is 0.227. The SMILES string of the molecule is CCOC(=O)C(NS(=O)(=O)c1ccc(C)cc1)C(O)c1cccc2ccccc12. The van der Waals surface area contributed by atoms with Crippen LogP contribution in [0.2, 0.25) is 0 Å². The molecule has 0 aliphatic rings. The van der Waals surface area contributed by atoms with Gasteiger partial charge in [0, 0.05) is 0 Å². The van der Waals surface area contributed by atoms with Crippen LogP contribution in [0.25, 0.3) is 10.8 Å². The third kappa shape index (κ3) is 4.64. The molecule has 3 aromatic carbocycles. The van der Waals surface area contributed by atoms with E-state index in [1.54, 1.807) is 31.2 Å². The maximum Gasteiger partial charge on any atom is 0.327 e. The predicted octanol–water partition coefficient (Wildman–Crippen LogP) is 3.09. The van der Waals surface area contributed by atoms with Gasteiger partial charge in [-0.25, -0.2) is 8.42 Å². The standard InChI is InChI=1S/C22H23NO5S/c1-3-28-22(25)20(23-29(26,27)17-13-11-15(2)12-14-17)21(24)19-10-6-8-16-7-4-5-9-18(16)19/h4-14,20-21,23-24H,3H2,1-2H3. The average Bonchev–Trinajstić information content (AvgIpc) is 2.71. The normalized spacial score (nSPS) is 13.8. The lowest BCUT2D eigenvalue weighted by molar-refractivity contribution is -0.148. The lowest BCUT2D eigenvalue weighted by Crippen LogP contribution is -2.45. The number of aryl methyl sites for hydroxylation is 1. The van der Waals surface area contributed by atoms with E-state index in [-0.39, 0.29) is 11.5 Å². The molecule has 0 aliphatic carbocycles. The second kappa shape index (κ2) is 8.73. The molecule has 0 aliphatic heterocycles. The van der Waals surface area contributed by atoms with Crippen LogP contribution in [0.4, 0.5) is 0 Å². The minimum absolute atomic E-state index is 0.00233. The number of sulfonamides is 1. The number of nitrogens with one attached hydrogen (secondary N) is 1. The van der Waals surface area contributed by atoms with Crippen LogP contribution in [0.1, 0.15) is 24.2 Å². The molecule has 0 saturated heterocycles. The molecule has 3 aromatic rings. The Morgan fingerprint density at radius 3 is 2.38 bits per heavy atom. The highest BCUT2D eigenvalue weighted by molar-refractivity contribution is 7.89. The lowest BCUT2D eigenvalue weighted by atomic mass is 9.96. The quantitative estimate of drug-likeness (QED) is 0.581. The maximum absolute atomic E-state index is 12.8. The molecule has 0 aromatic heterocycles. The van der Waals surface area contributed by atoms with Crippen LogP contribution in [0.15, 0.2) is 71.6 Å². The number of ether oxygens (including phenoxy) is 1. The highest BCUT2D eigenvalue weighted by Gasteiger charge is 2.34. The van der Waals surface area contributed by atoms with Crippen LogP contribution >= 0.6 is 0 Å². The summed E-state index contributed by atoms with van der Waals surface area (Å²) in [6.45, 7) is 3.52. The second-order valence-corrected chi connectivity index (χ2v) is 8.39. The summed E-state index contributed by atoms with van der Waals surface area (Å²) < 4.78 is 33.0. The highest BCUT2D eigenvalue weighted by Crippen LogP contribution is 2.27. The Labute approximate surface area is 170 Å². The molecule has 6 nitrogen and oxygen atoms in total. The van der Waals surface area contributed by atoms with E-state index in [0.29, 0.717) is 5.56 Å². The van der Waals surface area contributed by atoms with Crippen molar-refractivity contribution in [3.05, 3.63) is 77.9 Å². The first-order chi connectivity index (χ1) is 13.8. The average molecular weight is 413 g/mol. The summed E-state index contributed by atoms with van der Waals surface area (Å²) >= 11 is 0. The van der Waals surface area contributed by atoms with Gasteiger partial charge >= 0.3 is 5.97 Å². The van der Waals surface area contributed by atoms with Crippen molar-refractivity contribution in [2.75, 3.05) is 6.61 Å². The number of esters is 1. The molecule has 7 heteroatoms. The van der Waals surface area contributed by atoms with Crippen LogP contribution in [-0.2, 0) is 19.6 Å². The van der Waals surface area contributed by atoms with Crippen molar-refractivity contribution in [1.82, 2.24) is 4.72 Å². The van der Waals surface area contributed by atoms with E-state index in [1.165, 1.54) is 12.1 Å². The second-order valence-electron chi connectivity index (χ2n) is 6.68. The van der Waals surface area contributed by atoms with E-state index in [0.717, 1.165) is 16.3 Å². The number of fused-ring (bicyclic) bond motifs is 1. The molecule has 3 rings (SSSR count). The molecule has 0 radical (unpaired) electrons. The molecule has 0 amide bonds. The fourth-order valence-corrected chi connectivity index (χ4v) is 4.30. The molecule has 2 N–H and O–H groups in total. The Morgan fingerprint density at radius 1 is 1.03 bits per heavy atom. The summed E-state index contributed by atoms with van der Waals surface area (Å²) in [5.41, 5.74) is 1.34. The number of hydrogen-bond acceptors (Lipinski definition) is 5. The molecular weight excluding hydrogens is 390 g/mol. The van der Waals surface area contributed by atoms with Crippen molar-refractivity contribution in [2.24, 2.45) is 0 Å². The first kappa shape index (κ1) is 21.0. The third-order valence-corrected chi connectivity index (χ3v) is 6.07. The zero-order valence-corrected chi connectivity index (χ0v) is 17.0. The summed E-state index contributed by atoms with van der Waals surface area (Å²) in [7, 11) is -4.06. The summed E-state index contributed by atoms with van der Waals surface area (Å²) in [6.07, 6.45) is -1.43. The maximum atomic E-state index is 12.8.